The summed E-state index contributed by atoms with van der Waals surface area (Å²) in [7, 11) is 0. The highest BCUT2D eigenvalue weighted by Gasteiger charge is 2.50. The highest BCUT2D eigenvalue weighted by Crippen LogP contribution is 2.60. The van der Waals surface area contributed by atoms with Crippen LogP contribution in [0.2, 0.25) is 0 Å². The Morgan fingerprint density at radius 2 is 1.71 bits per heavy atom. The van der Waals surface area contributed by atoms with Gasteiger partial charge in [-0.05, 0) is 47.9 Å². The SMILES string of the molecule is CCc1ccc(CC)c(C(Br)C2(c3ccccc3)CC2)c1. The first-order chi connectivity index (χ1) is 10.2. The molecular formula is C20H23Br. The molecule has 0 amide bonds. The van der Waals surface area contributed by atoms with Gasteiger partial charge in [-0.2, -0.15) is 0 Å². The largest absolute Gasteiger partial charge is 0.0829 e. The average Bonchev–Trinajstić information content (AvgIpc) is 3.36. The number of hydrogen-bond donors (Lipinski definition) is 0. The van der Waals surface area contributed by atoms with Gasteiger partial charge in [-0.1, -0.05) is 78.3 Å². The Labute approximate surface area is 136 Å². The molecule has 1 atom stereocenters. The van der Waals surface area contributed by atoms with E-state index in [4.69, 9.17) is 0 Å². The van der Waals surface area contributed by atoms with E-state index in [-0.39, 0.29) is 0 Å². The van der Waals surface area contributed by atoms with Crippen LogP contribution >= 0.6 is 15.9 Å². The van der Waals surface area contributed by atoms with E-state index in [2.05, 4.69) is 78.3 Å². The minimum absolute atomic E-state index is 0.303. The Morgan fingerprint density at radius 3 is 2.29 bits per heavy atom. The van der Waals surface area contributed by atoms with Crippen LogP contribution in [0.25, 0.3) is 0 Å². The Hall–Kier alpha value is -1.08. The second kappa shape index (κ2) is 5.96. The molecular weight excluding hydrogens is 320 g/mol. The molecule has 0 bridgehead atoms. The molecule has 0 radical (unpaired) electrons. The average molecular weight is 343 g/mol. The maximum Gasteiger partial charge on any atom is 0.0494 e. The first-order valence-electron chi connectivity index (χ1n) is 8.02. The van der Waals surface area contributed by atoms with E-state index in [0.29, 0.717) is 10.2 Å². The first-order valence-corrected chi connectivity index (χ1v) is 8.94. The van der Waals surface area contributed by atoms with Crippen molar-refractivity contribution in [2.45, 2.75) is 49.8 Å². The van der Waals surface area contributed by atoms with E-state index in [0.717, 1.165) is 12.8 Å². The summed E-state index contributed by atoms with van der Waals surface area (Å²) in [5.41, 5.74) is 6.21. The standard InChI is InChI=1S/C20H23Br/c1-3-15-10-11-16(4-2)18(14-15)19(21)20(12-13-20)17-8-6-5-7-9-17/h5-11,14,19H,3-4,12-13H2,1-2H3. The van der Waals surface area contributed by atoms with Gasteiger partial charge in [0.15, 0.2) is 0 Å². The predicted molar refractivity (Wildman–Crippen MR) is 94.2 cm³/mol. The van der Waals surface area contributed by atoms with E-state index >= 15 is 0 Å². The van der Waals surface area contributed by atoms with Crippen molar-refractivity contribution in [1.82, 2.24) is 0 Å². The fraction of sp³-hybridized carbons (Fsp3) is 0.400. The van der Waals surface area contributed by atoms with Crippen molar-refractivity contribution in [3.8, 4) is 0 Å². The molecule has 1 aliphatic rings. The third kappa shape index (κ3) is 2.68. The topological polar surface area (TPSA) is 0 Å². The van der Waals surface area contributed by atoms with Crippen molar-refractivity contribution in [1.29, 1.82) is 0 Å². The molecule has 0 saturated heterocycles. The molecule has 0 N–H and O–H groups in total. The van der Waals surface area contributed by atoms with E-state index in [1.54, 1.807) is 0 Å². The molecule has 2 aromatic rings. The molecule has 0 nitrogen and oxygen atoms in total. The summed E-state index contributed by atoms with van der Waals surface area (Å²) in [4.78, 5) is 0.425. The molecule has 2 aromatic carbocycles. The Morgan fingerprint density at radius 1 is 1.00 bits per heavy atom. The highest BCUT2D eigenvalue weighted by molar-refractivity contribution is 9.09. The van der Waals surface area contributed by atoms with Crippen molar-refractivity contribution in [2.75, 3.05) is 0 Å². The summed E-state index contributed by atoms with van der Waals surface area (Å²) >= 11 is 4.06. The molecule has 0 aliphatic heterocycles. The molecule has 0 aromatic heterocycles. The van der Waals surface area contributed by atoms with Crippen LogP contribution < -0.4 is 0 Å². The van der Waals surface area contributed by atoms with Gasteiger partial charge in [-0.15, -0.1) is 0 Å². The van der Waals surface area contributed by atoms with Crippen LogP contribution in [0.15, 0.2) is 48.5 Å². The monoisotopic (exact) mass is 342 g/mol. The number of hydrogen-bond acceptors (Lipinski definition) is 0. The van der Waals surface area contributed by atoms with Gasteiger partial charge >= 0.3 is 0 Å². The van der Waals surface area contributed by atoms with Gasteiger partial charge in [0.2, 0.25) is 0 Å². The van der Waals surface area contributed by atoms with Gasteiger partial charge in [0.1, 0.15) is 0 Å². The second-order valence-electron chi connectivity index (χ2n) is 6.12. The molecule has 21 heavy (non-hydrogen) atoms. The van der Waals surface area contributed by atoms with Crippen LogP contribution in [-0.4, -0.2) is 0 Å². The van der Waals surface area contributed by atoms with Gasteiger partial charge in [0, 0.05) is 10.2 Å². The second-order valence-corrected chi connectivity index (χ2v) is 7.04. The van der Waals surface area contributed by atoms with Crippen molar-refractivity contribution in [3.05, 3.63) is 70.8 Å². The van der Waals surface area contributed by atoms with Crippen LogP contribution in [0.3, 0.4) is 0 Å². The number of aryl methyl sites for hydroxylation is 2. The zero-order valence-corrected chi connectivity index (χ0v) is 14.5. The van der Waals surface area contributed by atoms with Crippen molar-refractivity contribution < 1.29 is 0 Å². The predicted octanol–water partition coefficient (Wildman–Crippen LogP) is 5.98. The lowest BCUT2D eigenvalue weighted by Crippen LogP contribution is -2.15. The third-order valence-electron chi connectivity index (χ3n) is 4.90. The summed E-state index contributed by atoms with van der Waals surface area (Å²) in [5.74, 6) is 0. The molecule has 3 rings (SSSR count). The molecule has 1 aliphatic carbocycles. The highest BCUT2D eigenvalue weighted by atomic mass is 79.9. The van der Waals surface area contributed by atoms with Crippen molar-refractivity contribution in [2.24, 2.45) is 0 Å². The molecule has 1 saturated carbocycles. The number of benzene rings is 2. The maximum atomic E-state index is 4.06. The van der Waals surface area contributed by atoms with Gasteiger partial charge in [-0.3, -0.25) is 0 Å². The first kappa shape index (κ1) is 14.8. The third-order valence-corrected chi connectivity index (χ3v) is 6.26. The van der Waals surface area contributed by atoms with Crippen LogP contribution in [-0.2, 0) is 18.3 Å². The zero-order valence-electron chi connectivity index (χ0n) is 12.9. The van der Waals surface area contributed by atoms with Gasteiger partial charge < -0.3 is 0 Å². The summed E-state index contributed by atoms with van der Waals surface area (Å²) in [5, 5.41) is 0. The molecule has 1 heteroatoms. The zero-order chi connectivity index (χ0) is 14.9. The van der Waals surface area contributed by atoms with E-state index in [1.807, 2.05) is 0 Å². The smallest absolute Gasteiger partial charge is 0.0494 e. The number of alkyl halides is 1. The fourth-order valence-corrected chi connectivity index (χ4v) is 4.46. The van der Waals surface area contributed by atoms with Crippen LogP contribution in [0.1, 0.15) is 53.8 Å². The molecule has 1 fully saturated rings. The van der Waals surface area contributed by atoms with E-state index in [9.17, 15) is 0 Å². The lowest BCUT2D eigenvalue weighted by molar-refractivity contribution is 0.675. The van der Waals surface area contributed by atoms with Gasteiger partial charge in [0.25, 0.3) is 0 Å². The summed E-state index contributed by atoms with van der Waals surface area (Å²) in [6.45, 7) is 4.49. The molecule has 110 valence electrons. The fourth-order valence-electron chi connectivity index (χ4n) is 3.31. The Bertz CT molecular complexity index is 611. The summed E-state index contributed by atoms with van der Waals surface area (Å²) in [6, 6.07) is 18.0. The van der Waals surface area contributed by atoms with Gasteiger partial charge in [-0.25, -0.2) is 0 Å². The van der Waals surface area contributed by atoms with Crippen molar-refractivity contribution >= 4 is 15.9 Å². The van der Waals surface area contributed by atoms with Crippen LogP contribution in [0, 0.1) is 0 Å². The van der Waals surface area contributed by atoms with E-state index < -0.39 is 0 Å². The molecule has 0 heterocycles. The Kier molecular flexibility index (Phi) is 4.21. The molecule has 0 spiro atoms. The minimum Gasteiger partial charge on any atom is -0.0829 e. The van der Waals surface area contributed by atoms with Gasteiger partial charge in [0.05, 0.1) is 0 Å². The van der Waals surface area contributed by atoms with Crippen molar-refractivity contribution in [3.63, 3.8) is 0 Å². The van der Waals surface area contributed by atoms with E-state index in [1.165, 1.54) is 35.1 Å². The van der Waals surface area contributed by atoms with Crippen LogP contribution in [0.5, 0.6) is 0 Å². The summed E-state index contributed by atoms with van der Waals surface area (Å²) < 4.78 is 0. The summed E-state index contributed by atoms with van der Waals surface area (Å²) in [6.07, 6.45) is 4.78. The lowest BCUT2D eigenvalue weighted by Gasteiger charge is -2.25. The quantitative estimate of drug-likeness (QED) is 0.586. The Balaban J connectivity index is 2.00. The maximum absolute atomic E-state index is 4.06. The molecule has 1 unspecified atom stereocenters. The lowest BCUT2D eigenvalue weighted by atomic mass is 9.85. The minimum atomic E-state index is 0.303. The van der Waals surface area contributed by atoms with Crippen LogP contribution in [0.4, 0.5) is 0 Å². The number of halogens is 1. The normalized spacial score (nSPS) is 17.5. The number of rotatable bonds is 5.